The Labute approximate surface area is 150 Å². The number of hydrogen-bond donors (Lipinski definition) is 1. The Hall–Kier alpha value is -3.06. The molecule has 0 aromatic heterocycles. The molecule has 3 rings (SSSR count). The number of allylic oxidation sites excluding steroid dienone is 2. The molecule has 0 aliphatic carbocycles. The molecule has 2 N–H and O–H groups in total. The molecule has 0 heterocycles. The second-order valence-electron chi connectivity index (χ2n) is 6.15. The van der Waals surface area contributed by atoms with Crippen molar-refractivity contribution in [3.05, 3.63) is 103 Å². The minimum absolute atomic E-state index is 0.795. The maximum Gasteiger partial charge on any atom is 0.0400 e. The first kappa shape index (κ1) is 16.8. The van der Waals surface area contributed by atoms with Crippen molar-refractivity contribution in [1.29, 1.82) is 0 Å². The standard InChI is InChI=1S/C24H23N/c1-3-6-18-10-14-20(15-11-18)22-8-5-9-23(25)24(22)21-16-12-19(7-4-2)13-17-21/h3-5,8-17H,1-2,6-7,25H2. The average Bonchev–Trinajstić information content (AvgIpc) is 2.64. The zero-order chi connectivity index (χ0) is 17.6. The lowest BCUT2D eigenvalue weighted by Crippen LogP contribution is -1.94. The van der Waals surface area contributed by atoms with Crippen molar-refractivity contribution in [2.75, 3.05) is 5.73 Å². The van der Waals surface area contributed by atoms with Gasteiger partial charge in [0.2, 0.25) is 0 Å². The van der Waals surface area contributed by atoms with Gasteiger partial charge in [0.05, 0.1) is 0 Å². The number of nitrogen functional groups attached to an aromatic ring is 1. The molecule has 25 heavy (non-hydrogen) atoms. The van der Waals surface area contributed by atoms with Gasteiger partial charge in [-0.15, -0.1) is 13.2 Å². The van der Waals surface area contributed by atoms with E-state index in [0.29, 0.717) is 0 Å². The lowest BCUT2D eigenvalue weighted by Gasteiger charge is -2.14. The summed E-state index contributed by atoms with van der Waals surface area (Å²) < 4.78 is 0. The van der Waals surface area contributed by atoms with Gasteiger partial charge in [0.25, 0.3) is 0 Å². The van der Waals surface area contributed by atoms with Crippen LogP contribution in [0, 0.1) is 0 Å². The summed E-state index contributed by atoms with van der Waals surface area (Å²) in [5.41, 5.74) is 14.2. The Balaban J connectivity index is 2.05. The smallest absolute Gasteiger partial charge is 0.0400 e. The molecule has 0 aliphatic heterocycles. The molecule has 0 saturated heterocycles. The maximum absolute atomic E-state index is 6.34. The van der Waals surface area contributed by atoms with Crippen molar-refractivity contribution in [2.45, 2.75) is 12.8 Å². The Kier molecular flexibility index (Phi) is 5.15. The summed E-state index contributed by atoms with van der Waals surface area (Å²) in [4.78, 5) is 0. The van der Waals surface area contributed by atoms with Crippen LogP contribution in [-0.2, 0) is 12.8 Å². The lowest BCUT2D eigenvalue weighted by molar-refractivity contribution is 1.28. The van der Waals surface area contributed by atoms with Crippen LogP contribution in [0.2, 0.25) is 0 Å². The minimum Gasteiger partial charge on any atom is -0.398 e. The van der Waals surface area contributed by atoms with E-state index in [1.807, 2.05) is 24.3 Å². The fraction of sp³-hybridized carbons (Fsp3) is 0.0833. The SMILES string of the molecule is C=CCc1ccc(-c2cccc(N)c2-c2ccc(CC=C)cc2)cc1. The Morgan fingerprint density at radius 1 is 0.680 bits per heavy atom. The zero-order valence-corrected chi connectivity index (χ0v) is 14.4. The van der Waals surface area contributed by atoms with Crippen LogP contribution in [0.5, 0.6) is 0 Å². The number of anilines is 1. The van der Waals surface area contributed by atoms with Gasteiger partial charge in [-0.25, -0.2) is 0 Å². The van der Waals surface area contributed by atoms with Crippen molar-refractivity contribution in [3.8, 4) is 22.3 Å². The first-order chi connectivity index (χ1) is 12.2. The molecule has 3 aromatic rings. The fourth-order valence-electron chi connectivity index (χ4n) is 3.09. The van der Waals surface area contributed by atoms with Gasteiger partial charge in [-0.05, 0) is 46.7 Å². The molecule has 0 atom stereocenters. The molecule has 0 spiro atoms. The molecule has 0 amide bonds. The Morgan fingerprint density at radius 2 is 1.20 bits per heavy atom. The van der Waals surface area contributed by atoms with E-state index in [1.54, 1.807) is 0 Å². The molecule has 0 saturated carbocycles. The van der Waals surface area contributed by atoms with Crippen LogP contribution in [0.3, 0.4) is 0 Å². The lowest BCUT2D eigenvalue weighted by atomic mass is 9.92. The summed E-state index contributed by atoms with van der Waals surface area (Å²) in [5.74, 6) is 0. The second kappa shape index (κ2) is 7.67. The highest BCUT2D eigenvalue weighted by molar-refractivity contribution is 5.91. The highest BCUT2D eigenvalue weighted by Gasteiger charge is 2.11. The monoisotopic (exact) mass is 325 g/mol. The van der Waals surface area contributed by atoms with Gasteiger partial charge in [-0.3, -0.25) is 0 Å². The van der Waals surface area contributed by atoms with Crippen molar-refractivity contribution < 1.29 is 0 Å². The van der Waals surface area contributed by atoms with Gasteiger partial charge >= 0.3 is 0 Å². The zero-order valence-electron chi connectivity index (χ0n) is 14.4. The van der Waals surface area contributed by atoms with E-state index >= 15 is 0 Å². The minimum atomic E-state index is 0.795. The fourth-order valence-corrected chi connectivity index (χ4v) is 3.09. The molecule has 124 valence electrons. The Morgan fingerprint density at radius 3 is 1.72 bits per heavy atom. The van der Waals surface area contributed by atoms with Gasteiger partial charge in [-0.1, -0.05) is 72.8 Å². The molecular formula is C24H23N. The van der Waals surface area contributed by atoms with Gasteiger partial charge in [-0.2, -0.15) is 0 Å². The molecule has 0 radical (unpaired) electrons. The van der Waals surface area contributed by atoms with E-state index < -0.39 is 0 Å². The number of nitrogens with two attached hydrogens (primary N) is 1. The van der Waals surface area contributed by atoms with Crippen molar-refractivity contribution in [1.82, 2.24) is 0 Å². The van der Waals surface area contributed by atoms with Crippen LogP contribution in [0.25, 0.3) is 22.3 Å². The van der Waals surface area contributed by atoms with Crippen LogP contribution >= 0.6 is 0 Å². The molecule has 0 bridgehead atoms. The molecule has 0 unspecified atom stereocenters. The number of hydrogen-bond acceptors (Lipinski definition) is 1. The third-order valence-corrected chi connectivity index (χ3v) is 4.36. The quantitative estimate of drug-likeness (QED) is 0.432. The van der Waals surface area contributed by atoms with E-state index in [4.69, 9.17) is 5.73 Å². The van der Waals surface area contributed by atoms with Crippen LogP contribution in [0.4, 0.5) is 5.69 Å². The largest absolute Gasteiger partial charge is 0.398 e. The molecular weight excluding hydrogens is 302 g/mol. The van der Waals surface area contributed by atoms with Gasteiger partial charge < -0.3 is 5.73 Å². The summed E-state index contributed by atoms with van der Waals surface area (Å²) in [7, 11) is 0. The molecule has 3 aromatic carbocycles. The van der Waals surface area contributed by atoms with E-state index in [1.165, 1.54) is 16.7 Å². The van der Waals surface area contributed by atoms with Gasteiger partial charge in [0.15, 0.2) is 0 Å². The summed E-state index contributed by atoms with van der Waals surface area (Å²) in [6, 6.07) is 23.3. The Bertz CT molecular complexity index is 871. The van der Waals surface area contributed by atoms with Crippen LogP contribution in [0.1, 0.15) is 11.1 Å². The first-order valence-corrected chi connectivity index (χ1v) is 8.52. The van der Waals surface area contributed by atoms with Gasteiger partial charge in [0, 0.05) is 11.3 Å². The van der Waals surface area contributed by atoms with Gasteiger partial charge in [0.1, 0.15) is 0 Å². The van der Waals surface area contributed by atoms with Crippen molar-refractivity contribution in [3.63, 3.8) is 0 Å². The summed E-state index contributed by atoms with van der Waals surface area (Å²) in [6.45, 7) is 7.60. The third kappa shape index (κ3) is 3.72. The summed E-state index contributed by atoms with van der Waals surface area (Å²) in [5, 5.41) is 0. The predicted molar refractivity (Wildman–Crippen MR) is 110 cm³/mol. The van der Waals surface area contributed by atoms with E-state index in [0.717, 1.165) is 35.2 Å². The number of benzene rings is 3. The normalized spacial score (nSPS) is 10.4. The number of rotatable bonds is 6. The highest BCUT2D eigenvalue weighted by Crippen LogP contribution is 2.36. The summed E-state index contributed by atoms with van der Waals surface area (Å²) in [6.07, 6.45) is 5.60. The van der Waals surface area contributed by atoms with Crippen molar-refractivity contribution >= 4 is 5.69 Å². The average molecular weight is 325 g/mol. The van der Waals surface area contributed by atoms with E-state index in [9.17, 15) is 0 Å². The third-order valence-electron chi connectivity index (χ3n) is 4.36. The highest BCUT2D eigenvalue weighted by atomic mass is 14.6. The van der Waals surface area contributed by atoms with E-state index in [2.05, 4.69) is 67.8 Å². The predicted octanol–water partition coefficient (Wildman–Crippen LogP) is 6.06. The van der Waals surface area contributed by atoms with Crippen molar-refractivity contribution in [2.24, 2.45) is 0 Å². The molecule has 1 heteroatoms. The second-order valence-corrected chi connectivity index (χ2v) is 6.15. The van der Waals surface area contributed by atoms with E-state index in [-0.39, 0.29) is 0 Å². The molecule has 0 fully saturated rings. The first-order valence-electron chi connectivity index (χ1n) is 8.52. The maximum atomic E-state index is 6.34. The van der Waals surface area contributed by atoms with Crippen LogP contribution in [-0.4, -0.2) is 0 Å². The topological polar surface area (TPSA) is 26.0 Å². The van der Waals surface area contributed by atoms with Crippen LogP contribution < -0.4 is 5.73 Å². The summed E-state index contributed by atoms with van der Waals surface area (Å²) >= 11 is 0. The molecule has 0 aliphatic rings. The molecule has 1 nitrogen and oxygen atoms in total. The van der Waals surface area contributed by atoms with Crippen LogP contribution in [0.15, 0.2) is 92.0 Å².